The van der Waals surface area contributed by atoms with Gasteiger partial charge in [0.05, 0.1) is 5.69 Å². The molecule has 116 valence electrons. The van der Waals surface area contributed by atoms with Crippen LogP contribution in [0, 0.1) is 6.92 Å². The van der Waals surface area contributed by atoms with Crippen LogP contribution in [0.25, 0.3) is 5.69 Å². The van der Waals surface area contributed by atoms with E-state index in [2.05, 4.69) is 26.0 Å². The van der Waals surface area contributed by atoms with Crippen LogP contribution in [0.2, 0.25) is 0 Å². The lowest BCUT2D eigenvalue weighted by Crippen LogP contribution is -2.12. The molecule has 1 fully saturated rings. The Hall–Kier alpha value is -3.03. The number of aryl methyl sites for hydroxylation is 1. The fourth-order valence-electron chi connectivity index (χ4n) is 2.41. The number of nitrogens with zero attached hydrogens (tertiary/aromatic N) is 5. The van der Waals surface area contributed by atoms with E-state index in [0.717, 1.165) is 29.9 Å². The van der Waals surface area contributed by atoms with E-state index in [-0.39, 0.29) is 5.91 Å². The summed E-state index contributed by atoms with van der Waals surface area (Å²) >= 11 is 0. The zero-order valence-corrected chi connectivity index (χ0v) is 12.4. The van der Waals surface area contributed by atoms with Crippen molar-refractivity contribution in [2.75, 3.05) is 5.32 Å². The molecule has 2 aromatic heterocycles. The molecule has 3 aromatic rings. The van der Waals surface area contributed by atoms with E-state index >= 15 is 0 Å². The van der Waals surface area contributed by atoms with Crippen molar-refractivity contribution in [3.8, 4) is 5.69 Å². The Morgan fingerprint density at radius 3 is 2.91 bits per heavy atom. The Morgan fingerprint density at radius 2 is 2.22 bits per heavy atom. The summed E-state index contributed by atoms with van der Waals surface area (Å²) in [5.41, 5.74) is 2.77. The number of nitrogens with one attached hydrogen (secondary N) is 1. The van der Waals surface area contributed by atoms with Crippen LogP contribution in [0.15, 0.2) is 35.1 Å². The van der Waals surface area contributed by atoms with Crippen LogP contribution in [0.3, 0.4) is 0 Å². The number of carbonyl (C=O) groups excluding carboxylic acids is 1. The van der Waals surface area contributed by atoms with Gasteiger partial charge in [-0.25, -0.2) is 4.68 Å². The predicted octanol–water partition coefficient (Wildman–Crippen LogP) is 2.09. The van der Waals surface area contributed by atoms with E-state index < -0.39 is 0 Å². The first kappa shape index (κ1) is 13.6. The minimum Gasteiger partial charge on any atom is -0.360 e. The van der Waals surface area contributed by atoms with Crippen LogP contribution >= 0.6 is 0 Å². The maximum Gasteiger partial charge on any atom is 0.277 e. The molecule has 8 heteroatoms. The predicted molar refractivity (Wildman–Crippen MR) is 80.3 cm³/mol. The van der Waals surface area contributed by atoms with Gasteiger partial charge in [-0.2, -0.15) is 0 Å². The van der Waals surface area contributed by atoms with Crippen LogP contribution in [0.4, 0.5) is 5.69 Å². The summed E-state index contributed by atoms with van der Waals surface area (Å²) in [6, 6.07) is 7.22. The molecule has 0 aliphatic heterocycles. The molecule has 0 saturated heterocycles. The van der Waals surface area contributed by atoms with Gasteiger partial charge >= 0.3 is 0 Å². The second kappa shape index (κ2) is 5.31. The largest absolute Gasteiger partial charge is 0.360 e. The molecule has 0 unspecified atom stereocenters. The highest BCUT2D eigenvalue weighted by Crippen LogP contribution is 2.40. The van der Waals surface area contributed by atoms with E-state index in [0.29, 0.717) is 17.3 Å². The van der Waals surface area contributed by atoms with Gasteiger partial charge in [-0.05, 0) is 54.0 Å². The van der Waals surface area contributed by atoms with Crippen molar-refractivity contribution in [1.82, 2.24) is 25.4 Å². The van der Waals surface area contributed by atoms with Crippen molar-refractivity contribution in [2.45, 2.75) is 25.7 Å². The Bertz CT molecular complexity index is 851. The SMILES string of the molecule is Cc1cc(NC(=O)c2cc(C3CC3)on2)ccc1-n1cnnn1. The molecule has 0 radical (unpaired) electrons. The highest BCUT2D eigenvalue weighted by atomic mass is 16.5. The summed E-state index contributed by atoms with van der Waals surface area (Å²) < 4.78 is 6.77. The molecule has 23 heavy (non-hydrogen) atoms. The van der Waals surface area contributed by atoms with Crippen molar-refractivity contribution < 1.29 is 9.32 Å². The normalized spacial score (nSPS) is 14.0. The Morgan fingerprint density at radius 1 is 1.35 bits per heavy atom. The molecule has 0 spiro atoms. The highest BCUT2D eigenvalue weighted by Gasteiger charge is 2.28. The van der Waals surface area contributed by atoms with Crippen molar-refractivity contribution in [2.24, 2.45) is 0 Å². The van der Waals surface area contributed by atoms with Crippen molar-refractivity contribution >= 4 is 11.6 Å². The first-order valence-corrected chi connectivity index (χ1v) is 7.32. The maximum absolute atomic E-state index is 12.2. The summed E-state index contributed by atoms with van der Waals surface area (Å²) in [5.74, 6) is 0.942. The third kappa shape index (κ3) is 2.70. The van der Waals surface area contributed by atoms with Crippen LogP contribution in [-0.2, 0) is 0 Å². The standard InChI is InChI=1S/C15H14N6O2/c1-9-6-11(4-5-13(9)21-8-16-19-20-21)17-15(22)12-7-14(23-18-12)10-2-3-10/h4-8,10H,2-3H2,1H3,(H,17,22). The third-order valence-electron chi connectivity index (χ3n) is 3.79. The summed E-state index contributed by atoms with van der Waals surface area (Å²) in [4.78, 5) is 12.2. The van der Waals surface area contributed by atoms with Gasteiger partial charge in [-0.3, -0.25) is 4.79 Å². The van der Waals surface area contributed by atoms with Gasteiger partial charge in [0.25, 0.3) is 5.91 Å². The van der Waals surface area contributed by atoms with Crippen LogP contribution < -0.4 is 5.32 Å². The topological polar surface area (TPSA) is 98.7 Å². The Kier molecular flexibility index (Phi) is 3.14. The molecular weight excluding hydrogens is 296 g/mol. The lowest BCUT2D eigenvalue weighted by molar-refractivity contribution is 0.101. The van der Waals surface area contributed by atoms with Crippen molar-refractivity contribution in [3.63, 3.8) is 0 Å². The van der Waals surface area contributed by atoms with Crippen LogP contribution in [-0.4, -0.2) is 31.3 Å². The second-order valence-electron chi connectivity index (χ2n) is 5.60. The minimum atomic E-state index is -0.282. The van der Waals surface area contributed by atoms with E-state index in [1.165, 1.54) is 6.33 Å². The van der Waals surface area contributed by atoms with E-state index in [1.54, 1.807) is 16.8 Å². The van der Waals surface area contributed by atoms with E-state index in [1.807, 2.05) is 19.1 Å². The molecule has 1 amide bonds. The molecule has 1 aliphatic carbocycles. The van der Waals surface area contributed by atoms with Crippen molar-refractivity contribution in [1.29, 1.82) is 0 Å². The van der Waals surface area contributed by atoms with Gasteiger partial charge in [0, 0.05) is 17.7 Å². The van der Waals surface area contributed by atoms with Gasteiger partial charge in [-0.1, -0.05) is 5.16 Å². The maximum atomic E-state index is 12.2. The summed E-state index contributed by atoms with van der Waals surface area (Å²) in [7, 11) is 0. The summed E-state index contributed by atoms with van der Waals surface area (Å²) in [6.07, 6.45) is 3.73. The third-order valence-corrected chi connectivity index (χ3v) is 3.79. The Balaban J connectivity index is 1.51. The second-order valence-corrected chi connectivity index (χ2v) is 5.60. The van der Waals surface area contributed by atoms with Crippen LogP contribution in [0.5, 0.6) is 0 Å². The van der Waals surface area contributed by atoms with Gasteiger partial charge in [-0.15, -0.1) is 5.10 Å². The molecule has 1 N–H and O–H groups in total. The quantitative estimate of drug-likeness (QED) is 0.792. The molecule has 0 bridgehead atoms. The van der Waals surface area contributed by atoms with Gasteiger partial charge < -0.3 is 9.84 Å². The average molecular weight is 310 g/mol. The van der Waals surface area contributed by atoms with Crippen molar-refractivity contribution in [3.05, 3.63) is 47.6 Å². The minimum absolute atomic E-state index is 0.282. The first-order chi connectivity index (χ1) is 11.2. The summed E-state index contributed by atoms with van der Waals surface area (Å²) in [6.45, 7) is 1.92. The van der Waals surface area contributed by atoms with Crippen LogP contribution in [0.1, 0.15) is 40.6 Å². The van der Waals surface area contributed by atoms with E-state index in [4.69, 9.17) is 4.52 Å². The fourth-order valence-corrected chi connectivity index (χ4v) is 2.41. The molecule has 8 nitrogen and oxygen atoms in total. The lowest BCUT2D eigenvalue weighted by Gasteiger charge is -2.08. The molecule has 1 aliphatic rings. The highest BCUT2D eigenvalue weighted by molar-refractivity contribution is 6.02. The number of anilines is 1. The number of benzene rings is 1. The Labute approximate surface area is 131 Å². The number of aromatic nitrogens is 5. The molecule has 1 aromatic carbocycles. The number of hydrogen-bond donors (Lipinski definition) is 1. The first-order valence-electron chi connectivity index (χ1n) is 7.32. The van der Waals surface area contributed by atoms with E-state index in [9.17, 15) is 4.79 Å². The summed E-state index contributed by atoms with van der Waals surface area (Å²) in [5, 5.41) is 17.7. The number of amides is 1. The van der Waals surface area contributed by atoms with Gasteiger partial charge in [0.1, 0.15) is 12.1 Å². The smallest absolute Gasteiger partial charge is 0.277 e. The molecule has 0 atom stereocenters. The number of hydrogen-bond acceptors (Lipinski definition) is 6. The zero-order valence-electron chi connectivity index (χ0n) is 12.4. The zero-order chi connectivity index (χ0) is 15.8. The monoisotopic (exact) mass is 310 g/mol. The van der Waals surface area contributed by atoms with Gasteiger partial charge in [0.15, 0.2) is 5.69 Å². The number of carbonyl (C=O) groups is 1. The molecule has 4 rings (SSSR count). The van der Waals surface area contributed by atoms with Gasteiger partial charge in [0.2, 0.25) is 0 Å². The molecule has 1 saturated carbocycles. The molecule has 2 heterocycles. The molecular formula is C15H14N6O2. The number of rotatable bonds is 4. The average Bonchev–Trinajstić information content (AvgIpc) is 3.04. The number of tetrazole rings is 1. The fraction of sp³-hybridized carbons (Fsp3) is 0.267. The lowest BCUT2D eigenvalue weighted by atomic mass is 10.1.